The maximum Gasteiger partial charge on any atom is 0.330 e. The lowest BCUT2D eigenvalue weighted by molar-refractivity contribution is 0.251. The number of nitrogens with zero attached hydrogens (tertiary/aromatic N) is 4. The Morgan fingerprint density at radius 2 is 1.85 bits per heavy atom. The van der Waals surface area contributed by atoms with Crippen LogP contribution in [0.1, 0.15) is 18.1 Å². The van der Waals surface area contributed by atoms with Gasteiger partial charge in [-0.15, -0.1) is 0 Å². The second-order valence-corrected chi connectivity index (χ2v) is 6.33. The molecule has 7 nitrogen and oxygen atoms in total. The van der Waals surface area contributed by atoms with Crippen LogP contribution in [0.5, 0.6) is 5.75 Å². The Kier molecular flexibility index (Phi) is 4.37. The van der Waals surface area contributed by atoms with E-state index in [0.29, 0.717) is 30.0 Å². The van der Waals surface area contributed by atoms with Crippen LogP contribution >= 0.6 is 0 Å². The van der Waals surface area contributed by atoms with E-state index in [9.17, 15) is 9.90 Å². The molecule has 3 aromatic rings. The first-order valence-corrected chi connectivity index (χ1v) is 8.76. The van der Waals surface area contributed by atoms with Crippen molar-refractivity contribution in [2.45, 2.75) is 20.1 Å². The number of anilines is 2. The third kappa shape index (κ3) is 2.86. The average Bonchev–Trinajstić information content (AvgIpc) is 2.71. The van der Waals surface area contributed by atoms with Gasteiger partial charge in [0.25, 0.3) is 0 Å². The number of rotatable bonds is 5. The molecule has 0 unspecified atom stereocenters. The number of methoxy groups -OCH3 is 1. The number of carbonyl (C=O) groups is 1. The summed E-state index contributed by atoms with van der Waals surface area (Å²) in [6.45, 7) is 2.71. The zero-order chi connectivity index (χ0) is 19.0. The van der Waals surface area contributed by atoms with Crippen molar-refractivity contribution in [2.24, 2.45) is 0 Å². The number of urea groups is 1. The van der Waals surface area contributed by atoms with Gasteiger partial charge in [-0.3, -0.25) is 9.80 Å². The molecule has 2 amide bonds. The number of hydrogen-bond donors (Lipinski definition) is 1. The molecule has 1 aliphatic heterocycles. The standard InChI is InChI=1S/C20H20N4O3/c1-3-23-19-18-16(21-12-22-19)8-14(11-25)9-17(18)24(20(23)26)10-13-4-6-15(27-2)7-5-13/h4-9,12,25H,3,10-11H2,1-2H3. The van der Waals surface area contributed by atoms with Crippen molar-refractivity contribution in [3.8, 4) is 5.75 Å². The number of aliphatic hydroxyl groups excluding tert-OH is 1. The van der Waals surface area contributed by atoms with Crippen LogP contribution in [-0.2, 0) is 13.2 Å². The quantitative estimate of drug-likeness (QED) is 0.753. The van der Waals surface area contributed by atoms with Crippen molar-refractivity contribution in [1.29, 1.82) is 0 Å². The molecule has 0 atom stereocenters. The molecule has 0 fully saturated rings. The third-order valence-electron chi connectivity index (χ3n) is 4.76. The molecule has 0 radical (unpaired) electrons. The van der Waals surface area contributed by atoms with Gasteiger partial charge in [-0.05, 0) is 42.3 Å². The van der Waals surface area contributed by atoms with Crippen LogP contribution in [0.15, 0.2) is 42.7 Å². The van der Waals surface area contributed by atoms with Gasteiger partial charge in [-0.2, -0.15) is 0 Å². The van der Waals surface area contributed by atoms with E-state index in [0.717, 1.165) is 22.4 Å². The van der Waals surface area contributed by atoms with Gasteiger partial charge in [0.2, 0.25) is 0 Å². The van der Waals surface area contributed by atoms with E-state index in [1.807, 2.05) is 43.3 Å². The van der Waals surface area contributed by atoms with E-state index in [2.05, 4.69) is 9.97 Å². The summed E-state index contributed by atoms with van der Waals surface area (Å²) in [5, 5.41) is 10.5. The second kappa shape index (κ2) is 6.85. The highest BCUT2D eigenvalue weighted by molar-refractivity contribution is 6.18. The molecule has 0 spiro atoms. The predicted octanol–water partition coefficient (Wildman–Crippen LogP) is 3.10. The molecule has 1 aromatic heterocycles. The van der Waals surface area contributed by atoms with E-state index >= 15 is 0 Å². The normalized spacial score (nSPS) is 13.4. The molecule has 0 saturated heterocycles. The molecule has 0 bridgehead atoms. The summed E-state index contributed by atoms with van der Waals surface area (Å²) in [6.07, 6.45) is 1.46. The Balaban J connectivity index is 1.86. The molecule has 27 heavy (non-hydrogen) atoms. The number of ether oxygens (including phenoxy) is 1. The van der Waals surface area contributed by atoms with Gasteiger partial charge < -0.3 is 9.84 Å². The van der Waals surface area contributed by atoms with Crippen molar-refractivity contribution in [3.05, 3.63) is 53.9 Å². The fourth-order valence-electron chi connectivity index (χ4n) is 3.41. The van der Waals surface area contributed by atoms with Crippen molar-refractivity contribution in [1.82, 2.24) is 9.97 Å². The highest BCUT2D eigenvalue weighted by atomic mass is 16.5. The third-order valence-corrected chi connectivity index (χ3v) is 4.76. The minimum absolute atomic E-state index is 0.121. The summed E-state index contributed by atoms with van der Waals surface area (Å²) in [6, 6.07) is 11.1. The Morgan fingerprint density at radius 3 is 2.52 bits per heavy atom. The number of benzene rings is 2. The van der Waals surface area contributed by atoms with E-state index in [1.54, 1.807) is 16.9 Å². The van der Waals surface area contributed by atoms with Gasteiger partial charge in [0.05, 0.1) is 36.9 Å². The average molecular weight is 364 g/mol. The van der Waals surface area contributed by atoms with E-state index in [-0.39, 0.29) is 12.6 Å². The second-order valence-electron chi connectivity index (χ2n) is 6.33. The summed E-state index contributed by atoms with van der Waals surface area (Å²) in [4.78, 5) is 25.2. The van der Waals surface area contributed by atoms with E-state index in [1.165, 1.54) is 6.33 Å². The fourth-order valence-corrected chi connectivity index (χ4v) is 3.41. The van der Waals surface area contributed by atoms with Crippen molar-refractivity contribution < 1.29 is 14.6 Å². The zero-order valence-corrected chi connectivity index (χ0v) is 15.2. The molecule has 4 rings (SSSR count). The van der Waals surface area contributed by atoms with Gasteiger partial charge in [-0.25, -0.2) is 14.8 Å². The first-order chi connectivity index (χ1) is 13.2. The Labute approximate surface area is 156 Å². The zero-order valence-electron chi connectivity index (χ0n) is 15.2. The molecular weight excluding hydrogens is 344 g/mol. The summed E-state index contributed by atoms with van der Waals surface area (Å²) in [5.41, 5.74) is 3.12. The molecule has 138 valence electrons. The number of aliphatic hydroxyl groups is 1. The Hall–Kier alpha value is -3.19. The largest absolute Gasteiger partial charge is 0.497 e. The molecule has 0 aliphatic carbocycles. The monoisotopic (exact) mass is 364 g/mol. The lowest BCUT2D eigenvalue weighted by Crippen LogP contribution is -2.46. The van der Waals surface area contributed by atoms with Crippen LogP contribution in [0.3, 0.4) is 0 Å². The van der Waals surface area contributed by atoms with Gasteiger partial charge in [0.15, 0.2) is 0 Å². The predicted molar refractivity (Wildman–Crippen MR) is 103 cm³/mol. The van der Waals surface area contributed by atoms with Crippen LogP contribution < -0.4 is 14.5 Å². The first kappa shape index (κ1) is 17.2. The van der Waals surface area contributed by atoms with Gasteiger partial charge in [0.1, 0.15) is 17.9 Å². The molecule has 2 aromatic carbocycles. The molecule has 0 saturated carbocycles. The highest BCUT2D eigenvalue weighted by Crippen LogP contribution is 2.39. The lowest BCUT2D eigenvalue weighted by Gasteiger charge is -2.35. The highest BCUT2D eigenvalue weighted by Gasteiger charge is 2.33. The van der Waals surface area contributed by atoms with Crippen LogP contribution in [0, 0.1) is 0 Å². The minimum atomic E-state index is -0.143. The van der Waals surface area contributed by atoms with E-state index < -0.39 is 0 Å². The van der Waals surface area contributed by atoms with Crippen LogP contribution in [0.4, 0.5) is 16.3 Å². The Bertz CT molecular complexity index is 1000. The molecule has 7 heteroatoms. The fraction of sp³-hybridized carbons (Fsp3) is 0.250. The van der Waals surface area contributed by atoms with Crippen LogP contribution in [-0.4, -0.2) is 34.8 Å². The van der Waals surface area contributed by atoms with Crippen molar-refractivity contribution in [2.75, 3.05) is 23.5 Å². The summed E-state index contributed by atoms with van der Waals surface area (Å²) in [7, 11) is 1.62. The Morgan fingerprint density at radius 1 is 1.07 bits per heavy atom. The maximum absolute atomic E-state index is 13.2. The topological polar surface area (TPSA) is 78.8 Å². The van der Waals surface area contributed by atoms with Crippen molar-refractivity contribution in [3.63, 3.8) is 0 Å². The SMILES string of the molecule is CCN1C(=O)N(Cc2ccc(OC)cc2)c2cc(CO)cc3ncnc1c23. The summed E-state index contributed by atoms with van der Waals surface area (Å²) < 4.78 is 5.21. The number of hydrogen-bond acceptors (Lipinski definition) is 5. The lowest BCUT2D eigenvalue weighted by atomic mass is 10.1. The van der Waals surface area contributed by atoms with E-state index in [4.69, 9.17) is 4.74 Å². The molecule has 1 aliphatic rings. The van der Waals surface area contributed by atoms with Gasteiger partial charge >= 0.3 is 6.03 Å². The van der Waals surface area contributed by atoms with Gasteiger partial charge in [-0.1, -0.05) is 12.1 Å². The maximum atomic E-state index is 13.2. The van der Waals surface area contributed by atoms with Crippen LogP contribution in [0.2, 0.25) is 0 Å². The minimum Gasteiger partial charge on any atom is -0.497 e. The molecular formula is C20H20N4O3. The molecule has 2 heterocycles. The van der Waals surface area contributed by atoms with Crippen molar-refractivity contribution >= 4 is 28.4 Å². The van der Waals surface area contributed by atoms with Gasteiger partial charge in [0, 0.05) is 6.54 Å². The summed E-state index contributed by atoms with van der Waals surface area (Å²) >= 11 is 0. The number of amides is 2. The number of carbonyl (C=O) groups excluding carboxylic acids is 1. The molecule has 1 N–H and O–H groups in total. The first-order valence-electron chi connectivity index (χ1n) is 8.76. The number of aromatic nitrogens is 2. The summed E-state index contributed by atoms with van der Waals surface area (Å²) in [5.74, 6) is 1.38. The smallest absolute Gasteiger partial charge is 0.330 e. The van der Waals surface area contributed by atoms with Crippen LogP contribution in [0.25, 0.3) is 10.9 Å².